The lowest BCUT2D eigenvalue weighted by Gasteiger charge is -2.23. The van der Waals surface area contributed by atoms with E-state index in [2.05, 4.69) is 4.98 Å². The minimum absolute atomic E-state index is 0.0132. The maximum atomic E-state index is 14.4. The molecule has 156 valence electrons. The molecule has 2 aromatic carbocycles. The van der Waals surface area contributed by atoms with E-state index in [1.807, 2.05) is 30.3 Å². The number of halogens is 2. The van der Waals surface area contributed by atoms with E-state index in [0.29, 0.717) is 31.0 Å². The fourth-order valence-electron chi connectivity index (χ4n) is 3.09. The van der Waals surface area contributed by atoms with Gasteiger partial charge in [-0.3, -0.25) is 9.78 Å². The molecule has 3 rings (SSSR count). The molecule has 0 atom stereocenters. The van der Waals surface area contributed by atoms with Crippen molar-refractivity contribution in [3.05, 3.63) is 88.5 Å². The monoisotopic (exact) mass is 428 g/mol. The van der Waals surface area contributed by atoms with Gasteiger partial charge in [0.15, 0.2) is 11.5 Å². The van der Waals surface area contributed by atoms with Crippen molar-refractivity contribution in [2.45, 2.75) is 13.0 Å². The number of ether oxygens (including phenoxy) is 2. The summed E-state index contributed by atoms with van der Waals surface area (Å²) in [7, 11) is 3.15. The van der Waals surface area contributed by atoms with Crippen LogP contribution in [0.3, 0.4) is 0 Å². The molecule has 1 aromatic heterocycles. The van der Waals surface area contributed by atoms with E-state index >= 15 is 0 Å². The molecule has 1 heterocycles. The lowest BCUT2D eigenvalue weighted by atomic mass is 10.1. The third-order valence-corrected chi connectivity index (χ3v) is 4.92. The fraction of sp³-hybridized carbons (Fsp3) is 0.217. The summed E-state index contributed by atoms with van der Waals surface area (Å²) in [6, 6.07) is 13.3. The number of rotatable bonds is 8. The van der Waals surface area contributed by atoms with Gasteiger partial charge in [0.2, 0.25) is 0 Å². The first-order valence-electron chi connectivity index (χ1n) is 9.36. The molecule has 0 aliphatic carbocycles. The van der Waals surface area contributed by atoms with Gasteiger partial charge in [0.05, 0.1) is 19.8 Å². The van der Waals surface area contributed by atoms with Crippen LogP contribution >= 0.6 is 11.6 Å². The number of nitrogens with zero attached hydrogens (tertiary/aromatic N) is 2. The number of carbonyl (C=O) groups excluding carboxylic acids is 1. The van der Waals surface area contributed by atoms with Crippen molar-refractivity contribution < 1.29 is 18.7 Å². The second-order valence-electron chi connectivity index (χ2n) is 6.65. The minimum Gasteiger partial charge on any atom is -0.493 e. The topological polar surface area (TPSA) is 51.7 Å². The van der Waals surface area contributed by atoms with E-state index in [1.165, 1.54) is 12.1 Å². The normalized spacial score (nSPS) is 10.5. The smallest absolute Gasteiger partial charge is 0.257 e. The van der Waals surface area contributed by atoms with E-state index in [0.717, 1.165) is 17.2 Å². The van der Waals surface area contributed by atoms with Crippen LogP contribution in [0.4, 0.5) is 4.39 Å². The van der Waals surface area contributed by atoms with Gasteiger partial charge in [-0.25, -0.2) is 4.39 Å². The van der Waals surface area contributed by atoms with Crippen molar-refractivity contribution in [3.8, 4) is 11.5 Å². The first-order chi connectivity index (χ1) is 14.5. The van der Waals surface area contributed by atoms with Gasteiger partial charge >= 0.3 is 0 Å². The third kappa shape index (κ3) is 5.27. The van der Waals surface area contributed by atoms with Crippen molar-refractivity contribution in [1.82, 2.24) is 9.88 Å². The van der Waals surface area contributed by atoms with Gasteiger partial charge in [0, 0.05) is 30.5 Å². The van der Waals surface area contributed by atoms with Crippen LogP contribution < -0.4 is 9.47 Å². The number of hydrogen-bond acceptors (Lipinski definition) is 4. The van der Waals surface area contributed by atoms with Crippen molar-refractivity contribution in [1.29, 1.82) is 0 Å². The number of hydrogen-bond donors (Lipinski definition) is 0. The molecule has 30 heavy (non-hydrogen) atoms. The highest BCUT2D eigenvalue weighted by molar-refractivity contribution is 6.30. The van der Waals surface area contributed by atoms with Gasteiger partial charge in [-0.2, -0.15) is 0 Å². The molecule has 0 aliphatic rings. The maximum absolute atomic E-state index is 14.4. The molecule has 5 nitrogen and oxygen atoms in total. The molecule has 0 unspecified atom stereocenters. The Labute approximate surface area is 180 Å². The molecule has 0 aliphatic heterocycles. The van der Waals surface area contributed by atoms with Crippen molar-refractivity contribution in [2.24, 2.45) is 0 Å². The number of aromatic nitrogens is 1. The molecule has 0 radical (unpaired) electrons. The molecule has 0 spiro atoms. The van der Waals surface area contributed by atoms with Gasteiger partial charge in [0.25, 0.3) is 5.91 Å². The second kappa shape index (κ2) is 10.1. The van der Waals surface area contributed by atoms with Crippen LogP contribution in [-0.2, 0) is 13.0 Å². The number of carbonyl (C=O) groups is 1. The lowest BCUT2D eigenvalue weighted by Crippen LogP contribution is -2.33. The minimum atomic E-state index is -0.640. The Bertz CT molecular complexity index is 1010. The SMILES string of the molecule is COc1ccc(CCN(Cc2ccncc2)C(=O)c2ccc(Cl)cc2F)cc1OC. The molecule has 0 fully saturated rings. The van der Waals surface area contributed by atoms with Crippen LogP contribution in [0, 0.1) is 5.82 Å². The van der Waals surface area contributed by atoms with Crippen LogP contribution in [0.15, 0.2) is 60.9 Å². The van der Waals surface area contributed by atoms with Gasteiger partial charge in [-0.05, 0) is 60.0 Å². The maximum Gasteiger partial charge on any atom is 0.257 e. The first kappa shape index (κ1) is 21.6. The Kier molecular flexibility index (Phi) is 7.25. The van der Waals surface area contributed by atoms with E-state index in [4.69, 9.17) is 21.1 Å². The van der Waals surface area contributed by atoms with Gasteiger partial charge < -0.3 is 14.4 Å². The zero-order valence-electron chi connectivity index (χ0n) is 16.8. The number of pyridine rings is 1. The Morgan fingerprint density at radius 3 is 2.40 bits per heavy atom. The molecule has 1 amide bonds. The summed E-state index contributed by atoms with van der Waals surface area (Å²) in [6.07, 6.45) is 3.89. The molecular weight excluding hydrogens is 407 g/mol. The first-order valence-corrected chi connectivity index (χ1v) is 9.73. The van der Waals surface area contributed by atoms with Gasteiger partial charge in [-0.1, -0.05) is 17.7 Å². The van der Waals surface area contributed by atoms with E-state index in [1.54, 1.807) is 31.5 Å². The summed E-state index contributed by atoms with van der Waals surface area (Å²) in [5, 5.41) is 0.245. The highest BCUT2D eigenvalue weighted by atomic mass is 35.5. The molecule has 0 N–H and O–H groups in total. The molecular formula is C23H22ClFN2O3. The van der Waals surface area contributed by atoms with E-state index in [9.17, 15) is 9.18 Å². The average Bonchev–Trinajstić information content (AvgIpc) is 2.76. The van der Waals surface area contributed by atoms with Gasteiger partial charge in [0.1, 0.15) is 5.82 Å². The Morgan fingerprint density at radius 2 is 1.73 bits per heavy atom. The molecule has 0 saturated heterocycles. The average molecular weight is 429 g/mol. The van der Waals surface area contributed by atoms with Crippen molar-refractivity contribution in [3.63, 3.8) is 0 Å². The Hall–Kier alpha value is -3.12. The van der Waals surface area contributed by atoms with Crippen molar-refractivity contribution >= 4 is 17.5 Å². The Balaban J connectivity index is 1.83. The molecule has 3 aromatic rings. The summed E-state index contributed by atoms with van der Waals surface area (Å²) in [5.41, 5.74) is 1.86. The largest absolute Gasteiger partial charge is 0.493 e. The van der Waals surface area contributed by atoms with Crippen LogP contribution in [-0.4, -0.2) is 36.6 Å². The molecule has 0 saturated carbocycles. The van der Waals surface area contributed by atoms with Crippen LogP contribution in [0.1, 0.15) is 21.5 Å². The summed E-state index contributed by atoms with van der Waals surface area (Å²) in [5.74, 6) is 0.208. The second-order valence-corrected chi connectivity index (χ2v) is 7.08. The van der Waals surface area contributed by atoms with Crippen molar-refractivity contribution in [2.75, 3.05) is 20.8 Å². The molecule has 7 heteroatoms. The predicted molar refractivity (Wildman–Crippen MR) is 114 cm³/mol. The summed E-state index contributed by atoms with van der Waals surface area (Å²) in [6.45, 7) is 0.718. The highest BCUT2D eigenvalue weighted by Crippen LogP contribution is 2.28. The Morgan fingerprint density at radius 1 is 1.00 bits per heavy atom. The quantitative estimate of drug-likeness (QED) is 0.518. The fourth-order valence-corrected chi connectivity index (χ4v) is 3.25. The predicted octanol–water partition coefficient (Wildman–Crippen LogP) is 4.78. The number of amides is 1. The van der Waals surface area contributed by atoms with Crippen LogP contribution in [0.25, 0.3) is 0 Å². The molecule has 0 bridgehead atoms. The lowest BCUT2D eigenvalue weighted by molar-refractivity contribution is 0.0740. The highest BCUT2D eigenvalue weighted by Gasteiger charge is 2.20. The summed E-state index contributed by atoms with van der Waals surface area (Å²) in [4.78, 5) is 18.7. The van der Waals surface area contributed by atoms with E-state index in [-0.39, 0.29) is 10.6 Å². The summed E-state index contributed by atoms with van der Waals surface area (Å²) < 4.78 is 25.0. The zero-order chi connectivity index (χ0) is 21.5. The summed E-state index contributed by atoms with van der Waals surface area (Å²) >= 11 is 5.83. The standard InChI is InChI=1S/C23H22ClFN2O3/c1-29-21-6-3-16(13-22(21)30-2)9-12-27(15-17-7-10-26-11-8-17)23(28)19-5-4-18(24)14-20(19)25/h3-8,10-11,13-14H,9,12,15H2,1-2H3. The number of methoxy groups -OCH3 is 2. The number of benzene rings is 2. The third-order valence-electron chi connectivity index (χ3n) is 4.69. The van der Waals surface area contributed by atoms with Gasteiger partial charge in [-0.15, -0.1) is 0 Å². The van der Waals surface area contributed by atoms with Crippen LogP contribution in [0.5, 0.6) is 11.5 Å². The zero-order valence-corrected chi connectivity index (χ0v) is 17.5. The van der Waals surface area contributed by atoms with E-state index < -0.39 is 11.7 Å². The van der Waals surface area contributed by atoms with Crippen LogP contribution in [0.2, 0.25) is 5.02 Å².